The first kappa shape index (κ1) is 34.3. The van der Waals surface area contributed by atoms with Crippen molar-refractivity contribution in [3.8, 4) is 28.1 Å². The standard InChI is InChI=1S/C55H38BN3O/c1-35-25-28-39(29-26-35)57-46-24-14-13-23-43(46)44-33-49(58(40-18-7-3-8-19-40)41-20-9-4-10-21-41)53-52-42-22-12-11-15-36(42)27-30-47(52)59-48-34-51-38(31-45(48)56-54(44)55(53)59)32-50(60-51)37-16-5-2-6-17-37/h2-34,56-57H,1H3. The van der Waals surface area contributed by atoms with Crippen LogP contribution in [0.15, 0.2) is 205 Å². The SMILES string of the molecule is Cc1ccc(Nc2ccccc2-c2cc(N(c3ccccc3)c3ccccc3)c3c4c5ccccc5ccc4n4c3c2Bc2cc3cc(-c5ccccc5)oc3cc2-4)cc1. The van der Waals surface area contributed by atoms with E-state index < -0.39 is 0 Å². The normalized spacial score (nSPS) is 11.9. The van der Waals surface area contributed by atoms with Gasteiger partial charge in [-0.25, -0.2) is 0 Å². The van der Waals surface area contributed by atoms with Crippen molar-refractivity contribution in [2.24, 2.45) is 0 Å². The third-order valence-electron chi connectivity index (χ3n) is 12.2. The van der Waals surface area contributed by atoms with Gasteiger partial charge in [-0.2, -0.15) is 0 Å². The monoisotopic (exact) mass is 767 g/mol. The van der Waals surface area contributed by atoms with E-state index in [1.54, 1.807) is 0 Å². The van der Waals surface area contributed by atoms with Crippen LogP contribution in [0.2, 0.25) is 0 Å². The number of nitrogens with zero attached hydrogens (tertiary/aromatic N) is 2. The Balaban J connectivity index is 1.23. The van der Waals surface area contributed by atoms with Gasteiger partial charge in [0, 0.05) is 61.8 Å². The summed E-state index contributed by atoms with van der Waals surface area (Å²) in [6.07, 6.45) is 0. The first-order valence-corrected chi connectivity index (χ1v) is 20.6. The number of hydrogen-bond donors (Lipinski definition) is 1. The van der Waals surface area contributed by atoms with Crippen LogP contribution in [0.5, 0.6) is 0 Å². The smallest absolute Gasteiger partial charge is 0.198 e. The summed E-state index contributed by atoms with van der Waals surface area (Å²) in [5.74, 6) is 0.874. The zero-order valence-electron chi connectivity index (χ0n) is 33.1. The molecule has 60 heavy (non-hydrogen) atoms. The molecule has 0 atom stereocenters. The summed E-state index contributed by atoms with van der Waals surface area (Å²) in [4.78, 5) is 2.45. The van der Waals surface area contributed by atoms with Crippen molar-refractivity contribution in [3.05, 3.63) is 206 Å². The molecule has 1 aliphatic heterocycles. The minimum absolute atomic E-state index is 0.757. The van der Waals surface area contributed by atoms with Crippen LogP contribution in [0, 0.1) is 6.92 Å². The van der Waals surface area contributed by atoms with E-state index in [-0.39, 0.29) is 0 Å². The zero-order valence-corrected chi connectivity index (χ0v) is 33.1. The lowest BCUT2D eigenvalue weighted by atomic mass is 9.58. The van der Waals surface area contributed by atoms with Crippen LogP contribution >= 0.6 is 0 Å². The molecule has 5 heteroatoms. The van der Waals surface area contributed by atoms with Gasteiger partial charge in [-0.3, -0.25) is 0 Å². The van der Waals surface area contributed by atoms with Crippen molar-refractivity contribution < 1.29 is 4.42 Å². The third-order valence-corrected chi connectivity index (χ3v) is 12.2. The van der Waals surface area contributed by atoms with Crippen molar-refractivity contribution in [1.29, 1.82) is 0 Å². The molecule has 0 spiro atoms. The quantitative estimate of drug-likeness (QED) is 0.164. The predicted molar refractivity (Wildman–Crippen MR) is 254 cm³/mol. The zero-order chi connectivity index (χ0) is 39.7. The molecule has 11 aromatic rings. The van der Waals surface area contributed by atoms with Gasteiger partial charge >= 0.3 is 0 Å². The summed E-state index contributed by atoms with van der Waals surface area (Å²) in [7, 11) is 0.757. The second-order valence-electron chi connectivity index (χ2n) is 15.9. The van der Waals surface area contributed by atoms with E-state index in [1.807, 2.05) is 6.07 Å². The maximum atomic E-state index is 6.68. The van der Waals surface area contributed by atoms with Gasteiger partial charge in [-0.15, -0.1) is 0 Å². The van der Waals surface area contributed by atoms with E-state index in [2.05, 4.69) is 216 Å². The fraction of sp³-hybridized carbons (Fsp3) is 0.0182. The molecule has 0 saturated heterocycles. The number of aryl methyl sites for hydroxylation is 1. The van der Waals surface area contributed by atoms with Crippen LogP contribution in [0.4, 0.5) is 28.4 Å². The van der Waals surface area contributed by atoms with Gasteiger partial charge in [0.05, 0.1) is 16.7 Å². The average Bonchev–Trinajstić information content (AvgIpc) is 3.89. The first-order chi connectivity index (χ1) is 29.7. The summed E-state index contributed by atoms with van der Waals surface area (Å²) < 4.78 is 9.22. The van der Waals surface area contributed by atoms with E-state index in [9.17, 15) is 0 Å². The van der Waals surface area contributed by atoms with Crippen LogP contribution in [-0.4, -0.2) is 11.8 Å². The van der Waals surface area contributed by atoms with Crippen molar-refractivity contribution in [2.75, 3.05) is 10.2 Å². The lowest BCUT2D eigenvalue weighted by Gasteiger charge is -2.30. The molecule has 0 fully saturated rings. The molecule has 12 rings (SSSR count). The lowest BCUT2D eigenvalue weighted by Crippen LogP contribution is -2.37. The van der Waals surface area contributed by atoms with Gasteiger partial charge in [-0.05, 0) is 89.4 Å². The Morgan fingerprint density at radius 3 is 2.02 bits per heavy atom. The van der Waals surface area contributed by atoms with Gasteiger partial charge in [0.1, 0.15) is 11.3 Å². The van der Waals surface area contributed by atoms with Crippen LogP contribution in [0.3, 0.4) is 0 Å². The number of hydrogen-bond acceptors (Lipinski definition) is 3. The van der Waals surface area contributed by atoms with Crippen LogP contribution in [0.1, 0.15) is 5.56 Å². The maximum Gasteiger partial charge on any atom is 0.198 e. The summed E-state index contributed by atoms with van der Waals surface area (Å²) in [5, 5.41) is 9.84. The number of fused-ring (bicyclic) bond motifs is 8. The molecule has 0 bridgehead atoms. The van der Waals surface area contributed by atoms with Gasteiger partial charge in [-0.1, -0.05) is 144 Å². The van der Waals surface area contributed by atoms with Crippen molar-refractivity contribution in [1.82, 2.24) is 4.57 Å². The fourth-order valence-electron chi connectivity index (χ4n) is 9.47. The predicted octanol–water partition coefficient (Wildman–Crippen LogP) is 13.2. The second-order valence-corrected chi connectivity index (χ2v) is 15.9. The van der Waals surface area contributed by atoms with Crippen molar-refractivity contribution >= 4 is 90.2 Å². The van der Waals surface area contributed by atoms with E-state index in [0.29, 0.717) is 0 Å². The molecular weight excluding hydrogens is 729 g/mol. The number of para-hydroxylation sites is 3. The van der Waals surface area contributed by atoms with E-state index in [4.69, 9.17) is 4.42 Å². The highest BCUT2D eigenvalue weighted by Gasteiger charge is 2.32. The number of anilines is 5. The molecule has 0 amide bonds. The minimum atomic E-state index is 0.757. The number of nitrogens with one attached hydrogen (secondary N) is 1. The molecule has 282 valence electrons. The molecule has 0 saturated carbocycles. The first-order valence-electron chi connectivity index (χ1n) is 20.6. The minimum Gasteiger partial charge on any atom is -0.456 e. The van der Waals surface area contributed by atoms with E-state index >= 15 is 0 Å². The number of rotatable bonds is 7. The summed E-state index contributed by atoms with van der Waals surface area (Å²) in [6.45, 7) is 2.13. The molecular formula is C55H38BN3O. The Morgan fingerprint density at radius 2 is 1.25 bits per heavy atom. The van der Waals surface area contributed by atoms with Crippen LogP contribution in [0.25, 0.3) is 71.7 Å². The Morgan fingerprint density at radius 1 is 0.567 bits per heavy atom. The highest BCUT2D eigenvalue weighted by molar-refractivity contribution is 6.74. The molecule has 0 aliphatic carbocycles. The Hall–Kier alpha value is -7.76. The van der Waals surface area contributed by atoms with Crippen LogP contribution < -0.4 is 21.1 Å². The highest BCUT2D eigenvalue weighted by atomic mass is 16.3. The maximum absolute atomic E-state index is 6.68. The number of benzene rings is 9. The van der Waals surface area contributed by atoms with Gasteiger partial charge in [0.2, 0.25) is 0 Å². The van der Waals surface area contributed by atoms with E-state index in [1.165, 1.54) is 54.6 Å². The molecule has 2 aromatic heterocycles. The number of furan rings is 1. The highest BCUT2D eigenvalue weighted by Crippen LogP contribution is 2.48. The molecule has 3 heterocycles. The Bertz CT molecular complexity index is 3390. The molecule has 0 radical (unpaired) electrons. The van der Waals surface area contributed by atoms with Gasteiger partial charge < -0.3 is 19.2 Å². The lowest BCUT2D eigenvalue weighted by molar-refractivity contribution is 0.631. The Kier molecular flexibility index (Phi) is 7.82. The Labute approximate surface area is 348 Å². The number of aromatic nitrogens is 1. The van der Waals surface area contributed by atoms with E-state index in [0.717, 1.165) is 69.3 Å². The largest absolute Gasteiger partial charge is 0.456 e. The topological polar surface area (TPSA) is 33.3 Å². The molecule has 1 aliphatic rings. The van der Waals surface area contributed by atoms with Gasteiger partial charge in [0.25, 0.3) is 0 Å². The molecule has 1 N–H and O–H groups in total. The fourth-order valence-corrected chi connectivity index (χ4v) is 9.47. The summed E-state index contributed by atoms with van der Waals surface area (Å²) in [5.41, 5.74) is 17.1. The summed E-state index contributed by atoms with van der Waals surface area (Å²) >= 11 is 0. The van der Waals surface area contributed by atoms with Crippen molar-refractivity contribution in [2.45, 2.75) is 6.92 Å². The van der Waals surface area contributed by atoms with Crippen molar-refractivity contribution in [3.63, 3.8) is 0 Å². The van der Waals surface area contributed by atoms with Crippen LogP contribution in [-0.2, 0) is 0 Å². The van der Waals surface area contributed by atoms with Gasteiger partial charge in [0.15, 0.2) is 7.28 Å². The third kappa shape index (κ3) is 5.47. The molecule has 4 nitrogen and oxygen atoms in total. The molecule has 9 aromatic carbocycles. The molecule has 0 unspecified atom stereocenters. The summed E-state index contributed by atoms with van der Waals surface area (Å²) in [6, 6.07) is 72.2. The second kappa shape index (κ2) is 13.7. The average molecular weight is 768 g/mol.